The first-order valence-electron chi connectivity index (χ1n) is 7.36. The van der Waals surface area contributed by atoms with Crippen molar-refractivity contribution in [1.29, 1.82) is 0 Å². The lowest BCUT2D eigenvalue weighted by molar-refractivity contribution is 0.0238. The molecule has 0 unspecified atom stereocenters. The molecule has 1 aromatic heterocycles. The van der Waals surface area contributed by atoms with Crippen molar-refractivity contribution in [3.63, 3.8) is 0 Å². The summed E-state index contributed by atoms with van der Waals surface area (Å²) in [4.78, 5) is 14.4. The molecule has 0 aliphatic carbocycles. The molecule has 0 aromatic carbocycles. The molecule has 0 radical (unpaired) electrons. The van der Waals surface area contributed by atoms with Gasteiger partial charge in [0.05, 0.1) is 0 Å². The Balaban J connectivity index is 1.45. The van der Waals surface area contributed by atoms with Crippen LogP contribution in [0.25, 0.3) is 0 Å². The number of likely N-dealkylation sites (tertiary alicyclic amines) is 1. The van der Waals surface area contributed by atoms with Gasteiger partial charge in [-0.25, -0.2) is 0 Å². The van der Waals surface area contributed by atoms with Gasteiger partial charge in [-0.3, -0.25) is 4.79 Å². The first kappa shape index (κ1) is 13.6. The van der Waals surface area contributed by atoms with E-state index < -0.39 is 0 Å². The number of piperidine rings is 1. The van der Waals surface area contributed by atoms with Crippen LogP contribution in [0.5, 0.6) is 0 Å². The minimum Gasteiger partial charge on any atom is -0.381 e. The lowest BCUT2D eigenvalue weighted by atomic mass is 9.99. The number of carbonyl (C=O) groups is 1. The molecule has 110 valence electrons. The fourth-order valence-corrected chi connectivity index (χ4v) is 3.05. The molecule has 0 atom stereocenters. The van der Waals surface area contributed by atoms with E-state index in [9.17, 15) is 4.79 Å². The van der Waals surface area contributed by atoms with Crippen LogP contribution >= 0.6 is 0 Å². The average molecular weight is 279 g/mol. The number of hydrogen-bond donors (Lipinski definition) is 1. The van der Waals surface area contributed by atoms with E-state index in [1.54, 1.807) is 6.07 Å². The second-order valence-corrected chi connectivity index (χ2v) is 5.51. The molecule has 2 saturated heterocycles. The van der Waals surface area contributed by atoms with Crippen LogP contribution in [0, 0.1) is 0 Å². The Kier molecular flexibility index (Phi) is 4.32. The molecule has 3 rings (SSSR count). The number of carbonyl (C=O) groups excluding carboxylic acids is 1. The van der Waals surface area contributed by atoms with Gasteiger partial charge in [-0.05, 0) is 25.7 Å². The Morgan fingerprint density at radius 3 is 2.65 bits per heavy atom. The Bertz CT molecular complexity index is 421. The summed E-state index contributed by atoms with van der Waals surface area (Å²) in [5.74, 6) is -0.136. The van der Waals surface area contributed by atoms with Crippen LogP contribution in [-0.2, 0) is 4.74 Å². The first-order valence-corrected chi connectivity index (χ1v) is 7.36. The summed E-state index contributed by atoms with van der Waals surface area (Å²) in [5, 5.41) is 6.69. The summed E-state index contributed by atoms with van der Waals surface area (Å²) >= 11 is 0. The summed E-state index contributed by atoms with van der Waals surface area (Å²) < 4.78 is 10.1. The number of ether oxygens (including phenoxy) is 1. The highest BCUT2D eigenvalue weighted by atomic mass is 16.5. The van der Waals surface area contributed by atoms with Gasteiger partial charge in [0.2, 0.25) is 0 Å². The van der Waals surface area contributed by atoms with Crippen LogP contribution in [0.1, 0.15) is 36.2 Å². The molecular weight excluding hydrogens is 258 g/mol. The second kappa shape index (κ2) is 6.37. The van der Waals surface area contributed by atoms with Gasteiger partial charge < -0.3 is 19.5 Å². The number of nitrogens with zero attached hydrogens (tertiary/aromatic N) is 2. The fraction of sp³-hybridized carbons (Fsp3) is 0.714. The summed E-state index contributed by atoms with van der Waals surface area (Å²) in [6.07, 6.45) is 5.69. The third kappa shape index (κ3) is 3.19. The first-order chi connectivity index (χ1) is 9.83. The van der Waals surface area contributed by atoms with E-state index in [2.05, 4.69) is 15.4 Å². The number of nitrogens with one attached hydrogen (secondary N) is 1. The highest BCUT2D eigenvalue weighted by Gasteiger charge is 2.27. The summed E-state index contributed by atoms with van der Waals surface area (Å²) in [6, 6.07) is 2.50. The quantitative estimate of drug-likeness (QED) is 0.895. The second-order valence-electron chi connectivity index (χ2n) is 5.51. The monoisotopic (exact) mass is 279 g/mol. The molecule has 0 spiro atoms. The Hall–Kier alpha value is -1.40. The van der Waals surface area contributed by atoms with Gasteiger partial charge in [-0.2, -0.15) is 0 Å². The van der Waals surface area contributed by atoms with E-state index in [1.165, 1.54) is 6.26 Å². The normalized spacial score (nSPS) is 22.8. The van der Waals surface area contributed by atoms with Gasteiger partial charge in [0.1, 0.15) is 6.26 Å². The predicted octanol–water partition coefficient (Wildman–Crippen LogP) is 1.05. The molecule has 2 aliphatic heterocycles. The van der Waals surface area contributed by atoms with E-state index in [1.807, 2.05) is 0 Å². The molecule has 6 heteroatoms. The largest absolute Gasteiger partial charge is 0.381 e. The van der Waals surface area contributed by atoms with Gasteiger partial charge in [0.25, 0.3) is 5.91 Å². The molecule has 1 amide bonds. The van der Waals surface area contributed by atoms with Crippen molar-refractivity contribution in [3.8, 4) is 0 Å². The van der Waals surface area contributed by atoms with Crippen LogP contribution in [0.2, 0.25) is 0 Å². The van der Waals surface area contributed by atoms with E-state index in [4.69, 9.17) is 9.26 Å². The van der Waals surface area contributed by atoms with E-state index in [0.29, 0.717) is 11.7 Å². The maximum atomic E-state index is 11.9. The van der Waals surface area contributed by atoms with Crippen LogP contribution < -0.4 is 5.32 Å². The molecule has 1 aromatic rings. The minimum absolute atomic E-state index is 0.136. The predicted molar refractivity (Wildman–Crippen MR) is 72.4 cm³/mol. The van der Waals surface area contributed by atoms with Gasteiger partial charge >= 0.3 is 0 Å². The number of hydrogen-bond acceptors (Lipinski definition) is 5. The third-order valence-electron chi connectivity index (χ3n) is 4.24. The number of aromatic nitrogens is 1. The molecular formula is C14H21N3O3. The zero-order chi connectivity index (χ0) is 13.8. The Morgan fingerprint density at radius 1 is 1.25 bits per heavy atom. The lowest BCUT2D eigenvalue weighted by Crippen LogP contribution is -2.49. The van der Waals surface area contributed by atoms with Crippen molar-refractivity contribution in [2.45, 2.75) is 37.8 Å². The Labute approximate surface area is 118 Å². The Morgan fingerprint density at radius 2 is 2.00 bits per heavy atom. The van der Waals surface area contributed by atoms with Crippen LogP contribution in [0.15, 0.2) is 16.9 Å². The highest BCUT2D eigenvalue weighted by molar-refractivity contribution is 5.92. The van der Waals surface area contributed by atoms with Gasteiger partial charge in [0.15, 0.2) is 5.69 Å². The topological polar surface area (TPSA) is 67.6 Å². The molecule has 2 aliphatic rings. The minimum atomic E-state index is -0.136. The van der Waals surface area contributed by atoms with Crippen LogP contribution in [0.3, 0.4) is 0 Å². The zero-order valence-corrected chi connectivity index (χ0v) is 11.6. The van der Waals surface area contributed by atoms with E-state index in [0.717, 1.165) is 52.0 Å². The SMILES string of the molecule is O=C(NC1CCN(C2CCOCC2)CC1)c1ccon1. The zero-order valence-electron chi connectivity index (χ0n) is 11.6. The number of rotatable bonds is 3. The van der Waals surface area contributed by atoms with Crippen molar-refractivity contribution in [1.82, 2.24) is 15.4 Å². The number of amides is 1. The van der Waals surface area contributed by atoms with Crippen molar-refractivity contribution in [2.75, 3.05) is 26.3 Å². The molecule has 20 heavy (non-hydrogen) atoms. The summed E-state index contributed by atoms with van der Waals surface area (Å²) in [7, 11) is 0. The maximum absolute atomic E-state index is 11.9. The molecule has 0 saturated carbocycles. The van der Waals surface area contributed by atoms with Crippen molar-refractivity contribution in [3.05, 3.63) is 18.0 Å². The van der Waals surface area contributed by atoms with Crippen LogP contribution in [0.4, 0.5) is 0 Å². The molecule has 2 fully saturated rings. The molecule has 3 heterocycles. The average Bonchev–Trinajstić information content (AvgIpc) is 3.03. The standard InChI is InChI=1S/C14H21N3O3/c18-14(13-5-10-20-16-13)15-11-1-6-17(7-2-11)12-3-8-19-9-4-12/h5,10-12H,1-4,6-9H2,(H,15,18). The van der Waals surface area contributed by atoms with Crippen LogP contribution in [-0.4, -0.2) is 54.4 Å². The van der Waals surface area contributed by atoms with E-state index in [-0.39, 0.29) is 11.9 Å². The smallest absolute Gasteiger partial charge is 0.273 e. The third-order valence-corrected chi connectivity index (χ3v) is 4.24. The van der Waals surface area contributed by atoms with E-state index >= 15 is 0 Å². The van der Waals surface area contributed by atoms with Gasteiger partial charge in [0, 0.05) is 44.5 Å². The fourth-order valence-electron chi connectivity index (χ4n) is 3.05. The summed E-state index contributed by atoms with van der Waals surface area (Å²) in [6.45, 7) is 3.86. The highest BCUT2D eigenvalue weighted by Crippen LogP contribution is 2.20. The summed E-state index contributed by atoms with van der Waals surface area (Å²) in [5.41, 5.74) is 0.358. The van der Waals surface area contributed by atoms with Crippen molar-refractivity contribution < 1.29 is 14.1 Å². The van der Waals surface area contributed by atoms with Gasteiger partial charge in [-0.1, -0.05) is 5.16 Å². The maximum Gasteiger partial charge on any atom is 0.273 e. The molecule has 1 N–H and O–H groups in total. The van der Waals surface area contributed by atoms with Gasteiger partial charge in [-0.15, -0.1) is 0 Å². The van der Waals surface area contributed by atoms with Crippen molar-refractivity contribution in [2.24, 2.45) is 0 Å². The molecule has 0 bridgehead atoms. The molecule has 6 nitrogen and oxygen atoms in total. The lowest BCUT2D eigenvalue weighted by Gasteiger charge is -2.39. The van der Waals surface area contributed by atoms with Crippen molar-refractivity contribution >= 4 is 5.91 Å².